The van der Waals surface area contributed by atoms with Gasteiger partial charge in [-0.3, -0.25) is 0 Å². The lowest BCUT2D eigenvalue weighted by molar-refractivity contribution is 0.263. The quantitative estimate of drug-likeness (QED) is 0.439. The number of benzene rings is 3. The van der Waals surface area contributed by atoms with Gasteiger partial charge in [-0.2, -0.15) is 0 Å². The molecule has 6 heteroatoms. The number of rotatable bonds is 8. The first-order chi connectivity index (χ1) is 13.6. The molecule has 0 aliphatic rings. The van der Waals surface area contributed by atoms with Gasteiger partial charge in [-0.1, -0.05) is 53.5 Å². The Morgan fingerprint density at radius 3 is 2.32 bits per heavy atom. The van der Waals surface area contributed by atoms with E-state index in [1.807, 2.05) is 25.1 Å². The third-order valence-electron chi connectivity index (χ3n) is 4.04. The van der Waals surface area contributed by atoms with Crippen molar-refractivity contribution in [3.8, 4) is 11.5 Å². The normalized spacial score (nSPS) is 10.6. The molecule has 0 aliphatic heterocycles. The second-order valence-corrected chi connectivity index (χ2v) is 6.94. The minimum atomic E-state index is -0.301. The highest BCUT2D eigenvalue weighted by Crippen LogP contribution is 2.33. The van der Waals surface area contributed by atoms with Gasteiger partial charge in [0.05, 0.1) is 6.61 Å². The zero-order valence-corrected chi connectivity index (χ0v) is 16.9. The molecule has 3 aromatic carbocycles. The second-order valence-electron chi connectivity index (χ2n) is 6.07. The van der Waals surface area contributed by atoms with Crippen molar-refractivity contribution in [3.05, 3.63) is 87.7 Å². The number of nitrogens with one attached hydrogen (secondary N) is 1. The predicted molar refractivity (Wildman–Crippen MR) is 112 cm³/mol. The smallest absolute Gasteiger partial charge is 0.166 e. The van der Waals surface area contributed by atoms with Crippen molar-refractivity contribution in [2.75, 3.05) is 11.9 Å². The van der Waals surface area contributed by atoms with Crippen molar-refractivity contribution < 1.29 is 13.9 Å². The van der Waals surface area contributed by atoms with Gasteiger partial charge in [-0.15, -0.1) is 0 Å². The molecule has 3 aromatic rings. The molecular formula is C22H20Cl2FNO2. The lowest BCUT2D eigenvalue weighted by Crippen LogP contribution is -2.07. The van der Waals surface area contributed by atoms with Gasteiger partial charge in [0.1, 0.15) is 12.4 Å². The van der Waals surface area contributed by atoms with Crippen LogP contribution in [0.25, 0.3) is 0 Å². The van der Waals surface area contributed by atoms with E-state index in [-0.39, 0.29) is 12.4 Å². The van der Waals surface area contributed by atoms with E-state index in [4.69, 9.17) is 32.7 Å². The lowest BCUT2D eigenvalue weighted by atomic mass is 10.1. The number of hydrogen-bond donors (Lipinski definition) is 1. The molecule has 0 saturated heterocycles. The molecule has 0 atom stereocenters. The summed E-state index contributed by atoms with van der Waals surface area (Å²) in [5.74, 6) is 0.889. The number of para-hydroxylation sites is 1. The van der Waals surface area contributed by atoms with Crippen molar-refractivity contribution >= 4 is 28.9 Å². The average molecular weight is 420 g/mol. The predicted octanol–water partition coefficient (Wildman–Crippen LogP) is 6.72. The van der Waals surface area contributed by atoms with Crippen LogP contribution < -0.4 is 14.8 Å². The standard InChI is InChI=1S/C22H20Cl2FNO2/c1-2-27-21-9-5-7-15(13-26-19-11-17(23)10-18(24)12-19)22(21)28-14-16-6-3-4-8-20(16)25/h3-12,26H,2,13-14H2,1H3. The van der Waals surface area contributed by atoms with E-state index >= 15 is 0 Å². The van der Waals surface area contributed by atoms with Crippen LogP contribution in [0.3, 0.4) is 0 Å². The van der Waals surface area contributed by atoms with Gasteiger partial charge in [0, 0.05) is 33.4 Å². The lowest BCUT2D eigenvalue weighted by Gasteiger charge is -2.17. The van der Waals surface area contributed by atoms with Gasteiger partial charge in [-0.05, 0) is 37.3 Å². The Balaban J connectivity index is 1.81. The van der Waals surface area contributed by atoms with Gasteiger partial charge in [0.25, 0.3) is 0 Å². The Labute approximate surface area is 174 Å². The molecule has 0 amide bonds. The summed E-state index contributed by atoms with van der Waals surface area (Å²) < 4.78 is 25.6. The largest absolute Gasteiger partial charge is 0.490 e. The van der Waals surface area contributed by atoms with Crippen LogP contribution in [0.15, 0.2) is 60.7 Å². The van der Waals surface area contributed by atoms with E-state index in [0.717, 1.165) is 11.3 Å². The molecule has 1 N–H and O–H groups in total. The summed E-state index contributed by atoms with van der Waals surface area (Å²) in [7, 11) is 0. The van der Waals surface area contributed by atoms with Crippen LogP contribution in [0, 0.1) is 5.82 Å². The van der Waals surface area contributed by atoms with Crippen molar-refractivity contribution in [1.29, 1.82) is 0 Å². The summed E-state index contributed by atoms with van der Waals surface area (Å²) in [5.41, 5.74) is 2.15. The highest BCUT2D eigenvalue weighted by molar-refractivity contribution is 6.35. The molecule has 146 valence electrons. The fourth-order valence-electron chi connectivity index (χ4n) is 2.75. The fraction of sp³-hybridized carbons (Fsp3) is 0.182. The molecule has 0 aromatic heterocycles. The first kappa shape index (κ1) is 20.3. The summed E-state index contributed by atoms with van der Waals surface area (Å²) in [6.07, 6.45) is 0. The van der Waals surface area contributed by atoms with Crippen LogP contribution in [0.1, 0.15) is 18.1 Å². The van der Waals surface area contributed by atoms with Crippen LogP contribution in [0.4, 0.5) is 10.1 Å². The number of halogens is 3. The van der Waals surface area contributed by atoms with Gasteiger partial charge in [-0.25, -0.2) is 4.39 Å². The Kier molecular flexibility index (Phi) is 7.01. The Morgan fingerprint density at radius 1 is 0.893 bits per heavy atom. The second kappa shape index (κ2) is 9.67. The van der Waals surface area contributed by atoms with E-state index in [1.54, 1.807) is 36.4 Å². The highest BCUT2D eigenvalue weighted by Gasteiger charge is 2.13. The van der Waals surface area contributed by atoms with Crippen LogP contribution >= 0.6 is 23.2 Å². The van der Waals surface area contributed by atoms with Gasteiger partial charge < -0.3 is 14.8 Å². The summed E-state index contributed by atoms with van der Waals surface area (Å²) in [4.78, 5) is 0. The van der Waals surface area contributed by atoms with Crippen molar-refractivity contribution in [2.45, 2.75) is 20.1 Å². The van der Waals surface area contributed by atoms with Crippen LogP contribution in [0.2, 0.25) is 10.0 Å². The number of hydrogen-bond acceptors (Lipinski definition) is 3. The molecule has 0 spiro atoms. The summed E-state index contributed by atoms with van der Waals surface area (Å²) in [6.45, 7) is 2.97. The monoisotopic (exact) mass is 419 g/mol. The molecule has 0 unspecified atom stereocenters. The molecule has 0 fully saturated rings. The van der Waals surface area contributed by atoms with Crippen molar-refractivity contribution in [3.63, 3.8) is 0 Å². The summed E-state index contributed by atoms with van der Waals surface area (Å²) in [6, 6.07) is 17.5. The SMILES string of the molecule is CCOc1cccc(CNc2cc(Cl)cc(Cl)c2)c1OCc1ccccc1F. The summed E-state index contributed by atoms with van der Waals surface area (Å²) in [5, 5.41) is 4.38. The van der Waals surface area contributed by atoms with Gasteiger partial charge in [0.2, 0.25) is 0 Å². The van der Waals surface area contributed by atoms with Gasteiger partial charge >= 0.3 is 0 Å². The third kappa shape index (κ3) is 5.31. The Hall–Kier alpha value is -2.43. The van der Waals surface area contributed by atoms with Crippen LogP contribution in [0.5, 0.6) is 11.5 Å². The van der Waals surface area contributed by atoms with E-state index in [1.165, 1.54) is 6.07 Å². The molecule has 0 aliphatic carbocycles. The minimum Gasteiger partial charge on any atom is -0.490 e. The van der Waals surface area contributed by atoms with Crippen molar-refractivity contribution in [1.82, 2.24) is 0 Å². The van der Waals surface area contributed by atoms with E-state index in [0.29, 0.717) is 40.3 Å². The highest BCUT2D eigenvalue weighted by atomic mass is 35.5. The number of anilines is 1. The Morgan fingerprint density at radius 2 is 1.61 bits per heavy atom. The molecular weight excluding hydrogens is 400 g/mol. The number of ether oxygens (including phenoxy) is 2. The maximum atomic E-state index is 13.9. The maximum absolute atomic E-state index is 13.9. The molecule has 0 saturated carbocycles. The fourth-order valence-corrected chi connectivity index (χ4v) is 3.28. The van der Waals surface area contributed by atoms with E-state index in [9.17, 15) is 4.39 Å². The first-order valence-corrected chi connectivity index (χ1v) is 9.63. The molecule has 0 heterocycles. The molecule has 3 rings (SSSR count). The zero-order valence-electron chi connectivity index (χ0n) is 15.3. The minimum absolute atomic E-state index is 0.104. The van der Waals surface area contributed by atoms with Crippen molar-refractivity contribution in [2.24, 2.45) is 0 Å². The Bertz CT molecular complexity index is 929. The average Bonchev–Trinajstić information content (AvgIpc) is 2.66. The van der Waals surface area contributed by atoms with E-state index < -0.39 is 0 Å². The van der Waals surface area contributed by atoms with E-state index in [2.05, 4.69) is 5.32 Å². The molecule has 0 bridgehead atoms. The molecule has 28 heavy (non-hydrogen) atoms. The third-order valence-corrected chi connectivity index (χ3v) is 4.47. The zero-order chi connectivity index (χ0) is 19.9. The first-order valence-electron chi connectivity index (χ1n) is 8.87. The maximum Gasteiger partial charge on any atom is 0.166 e. The molecule has 0 radical (unpaired) electrons. The summed E-state index contributed by atoms with van der Waals surface area (Å²) >= 11 is 12.1. The van der Waals surface area contributed by atoms with Crippen LogP contribution in [-0.2, 0) is 13.2 Å². The van der Waals surface area contributed by atoms with Crippen LogP contribution in [-0.4, -0.2) is 6.61 Å². The van der Waals surface area contributed by atoms with Gasteiger partial charge in [0.15, 0.2) is 11.5 Å². The topological polar surface area (TPSA) is 30.5 Å². The molecule has 3 nitrogen and oxygen atoms in total.